The monoisotopic (exact) mass is 380 g/mol. The van der Waals surface area contributed by atoms with Crippen LogP contribution in [0.4, 0.5) is 0 Å². The quantitative estimate of drug-likeness (QED) is 0.773. The molecule has 1 saturated carbocycles. The molecule has 1 aliphatic carbocycles. The van der Waals surface area contributed by atoms with Gasteiger partial charge in [-0.15, -0.1) is 0 Å². The lowest BCUT2D eigenvalue weighted by atomic mass is 10.1. The second-order valence-electron chi connectivity index (χ2n) is 6.62. The topological polar surface area (TPSA) is 83.6 Å². The van der Waals surface area contributed by atoms with Gasteiger partial charge in [0.2, 0.25) is 10.0 Å². The van der Waals surface area contributed by atoms with Gasteiger partial charge in [-0.25, -0.2) is 13.6 Å². The molecule has 5 nitrogen and oxygen atoms in total. The predicted octanol–water partition coefficient (Wildman–Crippen LogP) is 3.11. The van der Waals surface area contributed by atoms with Crippen LogP contribution in [-0.2, 0) is 23.1 Å². The van der Waals surface area contributed by atoms with Gasteiger partial charge in [0.15, 0.2) is 0 Å². The van der Waals surface area contributed by atoms with E-state index in [-0.39, 0.29) is 10.6 Å². The highest BCUT2D eigenvalue weighted by Crippen LogP contribution is 2.31. The third-order valence-corrected chi connectivity index (χ3v) is 5.31. The summed E-state index contributed by atoms with van der Waals surface area (Å²) < 4.78 is 23.2. The van der Waals surface area contributed by atoms with Crippen molar-refractivity contribution in [3.63, 3.8) is 0 Å². The third-order valence-electron chi connectivity index (χ3n) is 4.20. The van der Waals surface area contributed by atoms with Gasteiger partial charge in [0.1, 0.15) is 5.75 Å². The first-order valence-electron chi connectivity index (χ1n) is 8.12. The van der Waals surface area contributed by atoms with Crippen molar-refractivity contribution >= 4 is 21.6 Å². The van der Waals surface area contributed by atoms with E-state index in [4.69, 9.17) is 16.7 Å². The number of rotatable bonds is 7. The molecular formula is C18H21ClN2O3S. The van der Waals surface area contributed by atoms with Gasteiger partial charge in [-0.3, -0.25) is 4.90 Å². The molecular weight excluding hydrogens is 360 g/mol. The van der Waals surface area contributed by atoms with Gasteiger partial charge in [-0.1, -0.05) is 23.7 Å². The van der Waals surface area contributed by atoms with Crippen LogP contribution in [0, 0.1) is 5.92 Å². The van der Waals surface area contributed by atoms with Crippen LogP contribution in [-0.4, -0.2) is 25.0 Å². The second-order valence-corrected chi connectivity index (χ2v) is 8.62. The van der Waals surface area contributed by atoms with Crippen molar-refractivity contribution in [2.24, 2.45) is 11.1 Å². The Hall–Kier alpha value is -1.60. The van der Waals surface area contributed by atoms with E-state index in [0.29, 0.717) is 24.0 Å². The van der Waals surface area contributed by atoms with E-state index in [1.165, 1.54) is 18.9 Å². The van der Waals surface area contributed by atoms with Crippen LogP contribution < -0.4 is 5.14 Å². The van der Waals surface area contributed by atoms with Gasteiger partial charge < -0.3 is 5.11 Å². The first-order chi connectivity index (χ1) is 11.8. The molecule has 0 amide bonds. The largest absolute Gasteiger partial charge is 0.508 e. The number of halogens is 1. The smallest absolute Gasteiger partial charge is 0.238 e. The van der Waals surface area contributed by atoms with Crippen LogP contribution in [0.1, 0.15) is 24.0 Å². The molecule has 7 heteroatoms. The molecule has 134 valence electrons. The van der Waals surface area contributed by atoms with E-state index in [9.17, 15) is 13.5 Å². The number of aromatic hydroxyl groups is 1. The van der Waals surface area contributed by atoms with Crippen molar-refractivity contribution < 1.29 is 13.5 Å². The van der Waals surface area contributed by atoms with Crippen LogP contribution in [0.15, 0.2) is 47.4 Å². The first-order valence-corrected chi connectivity index (χ1v) is 10.0. The summed E-state index contributed by atoms with van der Waals surface area (Å²) in [6, 6.07) is 11.9. The number of nitrogens with zero attached hydrogens (tertiary/aromatic N) is 1. The Kier molecular flexibility index (Phi) is 5.34. The lowest BCUT2D eigenvalue weighted by Crippen LogP contribution is -2.25. The normalized spacial score (nSPS) is 14.8. The molecule has 0 bridgehead atoms. The average molecular weight is 381 g/mol. The zero-order valence-corrected chi connectivity index (χ0v) is 15.3. The zero-order valence-electron chi connectivity index (χ0n) is 13.7. The highest BCUT2D eigenvalue weighted by atomic mass is 35.5. The van der Waals surface area contributed by atoms with Crippen molar-refractivity contribution in [2.75, 3.05) is 6.54 Å². The summed E-state index contributed by atoms with van der Waals surface area (Å²) in [5.41, 5.74) is 1.81. The number of hydrogen-bond donors (Lipinski definition) is 2. The fraction of sp³-hybridized carbons (Fsp3) is 0.333. The number of sulfonamides is 1. The van der Waals surface area contributed by atoms with Crippen molar-refractivity contribution in [2.45, 2.75) is 30.8 Å². The second kappa shape index (κ2) is 7.33. The van der Waals surface area contributed by atoms with Crippen LogP contribution in [0.3, 0.4) is 0 Å². The Morgan fingerprint density at radius 3 is 2.48 bits per heavy atom. The summed E-state index contributed by atoms with van der Waals surface area (Å²) in [5, 5.41) is 15.2. The number of phenolic OH excluding ortho intramolecular Hbond substituents is 1. The minimum atomic E-state index is -3.79. The molecule has 25 heavy (non-hydrogen) atoms. The standard InChI is InChI=1S/C18H21ClN2O3S/c19-16-6-15(8-18(9-16)25(20,23)24)12-21(10-13-4-5-13)11-14-2-1-3-17(22)7-14/h1-3,6-9,13,22H,4-5,10-12H2,(H2,20,23,24). The van der Waals surface area contributed by atoms with Gasteiger partial charge in [-0.2, -0.15) is 0 Å². The van der Waals surface area contributed by atoms with Crippen molar-refractivity contribution in [1.29, 1.82) is 0 Å². The summed E-state index contributed by atoms with van der Waals surface area (Å²) in [7, 11) is -3.79. The van der Waals surface area contributed by atoms with Crippen LogP contribution in [0.25, 0.3) is 0 Å². The molecule has 0 radical (unpaired) electrons. The van der Waals surface area contributed by atoms with Crippen molar-refractivity contribution in [3.05, 3.63) is 58.6 Å². The molecule has 3 N–H and O–H groups in total. The first kappa shape index (κ1) is 18.2. The highest BCUT2D eigenvalue weighted by molar-refractivity contribution is 7.89. The van der Waals surface area contributed by atoms with E-state index >= 15 is 0 Å². The van der Waals surface area contributed by atoms with Crippen LogP contribution in [0.2, 0.25) is 5.02 Å². The SMILES string of the molecule is NS(=O)(=O)c1cc(Cl)cc(CN(Cc2cccc(O)c2)CC2CC2)c1. The molecule has 1 fully saturated rings. The lowest BCUT2D eigenvalue weighted by Gasteiger charge is -2.23. The maximum absolute atomic E-state index is 11.6. The molecule has 0 spiro atoms. The average Bonchev–Trinajstić information content (AvgIpc) is 3.29. The third kappa shape index (κ3) is 5.44. The number of phenols is 1. The van der Waals surface area contributed by atoms with Crippen LogP contribution in [0.5, 0.6) is 5.75 Å². The fourth-order valence-electron chi connectivity index (χ4n) is 2.90. The molecule has 0 aromatic heterocycles. The minimum Gasteiger partial charge on any atom is -0.508 e. The summed E-state index contributed by atoms with van der Waals surface area (Å²) in [4.78, 5) is 2.27. The minimum absolute atomic E-state index is 0.0266. The maximum Gasteiger partial charge on any atom is 0.238 e. The van der Waals surface area contributed by atoms with E-state index in [2.05, 4.69) is 4.90 Å². The lowest BCUT2D eigenvalue weighted by molar-refractivity contribution is 0.245. The van der Waals surface area contributed by atoms with Gasteiger partial charge in [0.25, 0.3) is 0 Å². The number of benzene rings is 2. The van der Waals surface area contributed by atoms with Crippen LogP contribution >= 0.6 is 11.6 Å². The summed E-state index contributed by atoms with van der Waals surface area (Å²) in [5.74, 6) is 0.914. The Morgan fingerprint density at radius 1 is 1.12 bits per heavy atom. The molecule has 2 aromatic carbocycles. The van der Waals surface area contributed by atoms with Gasteiger partial charge in [0, 0.05) is 24.7 Å². The molecule has 2 aromatic rings. The molecule has 0 unspecified atom stereocenters. The van der Waals surface area contributed by atoms with Gasteiger partial charge >= 0.3 is 0 Å². The fourth-order valence-corrected chi connectivity index (χ4v) is 3.83. The van der Waals surface area contributed by atoms with E-state index in [1.807, 2.05) is 12.1 Å². The van der Waals surface area contributed by atoms with E-state index in [1.54, 1.807) is 24.3 Å². The zero-order chi connectivity index (χ0) is 18.0. The molecule has 1 aliphatic rings. The molecule has 0 saturated heterocycles. The predicted molar refractivity (Wildman–Crippen MR) is 97.8 cm³/mol. The molecule has 0 atom stereocenters. The summed E-state index contributed by atoms with van der Waals surface area (Å²) in [6.07, 6.45) is 2.43. The molecule has 0 heterocycles. The Morgan fingerprint density at radius 2 is 1.84 bits per heavy atom. The number of primary sulfonamides is 1. The van der Waals surface area contributed by atoms with Crippen molar-refractivity contribution in [1.82, 2.24) is 4.90 Å². The highest BCUT2D eigenvalue weighted by Gasteiger charge is 2.24. The number of nitrogens with two attached hydrogens (primary N) is 1. The van der Waals surface area contributed by atoms with E-state index < -0.39 is 10.0 Å². The Labute approximate surface area is 153 Å². The Bertz CT molecular complexity index is 866. The molecule has 3 rings (SSSR count). The van der Waals surface area contributed by atoms with Crippen molar-refractivity contribution in [3.8, 4) is 5.75 Å². The maximum atomic E-state index is 11.6. The number of hydrogen-bond acceptors (Lipinski definition) is 4. The molecule has 0 aliphatic heterocycles. The van der Waals surface area contributed by atoms with E-state index in [0.717, 1.165) is 17.7 Å². The van der Waals surface area contributed by atoms with Gasteiger partial charge in [0.05, 0.1) is 4.90 Å². The summed E-state index contributed by atoms with van der Waals surface area (Å²) >= 11 is 6.07. The Balaban J connectivity index is 1.81. The summed E-state index contributed by atoms with van der Waals surface area (Å²) in [6.45, 7) is 2.16. The van der Waals surface area contributed by atoms with Gasteiger partial charge in [-0.05, 0) is 60.2 Å².